The standard InChI is InChI=1S/C16H20ClN3/c1-11-7-16(14(9-18)10-19-11)20(3)12(2)13-5-4-6-15(17)8-13/h4-8,10,12H,9,18H2,1-3H3. The van der Waals surface area contributed by atoms with Gasteiger partial charge in [-0.2, -0.15) is 0 Å². The molecule has 2 rings (SSSR count). The first-order valence-electron chi connectivity index (χ1n) is 6.67. The predicted octanol–water partition coefficient (Wildman–Crippen LogP) is 3.70. The van der Waals surface area contributed by atoms with Crippen LogP contribution in [0.3, 0.4) is 0 Å². The molecule has 1 aromatic carbocycles. The van der Waals surface area contributed by atoms with Crippen molar-refractivity contribution in [3.63, 3.8) is 0 Å². The van der Waals surface area contributed by atoms with E-state index < -0.39 is 0 Å². The van der Waals surface area contributed by atoms with Gasteiger partial charge >= 0.3 is 0 Å². The second kappa shape index (κ2) is 6.25. The van der Waals surface area contributed by atoms with Crippen LogP contribution >= 0.6 is 11.6 Å². The molecule has 1 unspecified atom stereocenters. The molecule has 2 N–H and O–H groups in total. The van der Waals surface area contributed by atoms with E-state index in [1.54, 1.807) is 0 Å². The van der Waals surface area contributed by atoms with Crippen molar-refractivity contribution in [2.24, 2.45) is 5.73 Å². The molecule has 0 bridgehead atoms. The van der Waals surface area contributed by atoms with Crippen molar-refractivity contribution >= 4 is 17.3 Å². The van der Waals surface area contributed by atoms with Gasteiger partial charge in [-0.05, 0) is 37.6 Å². The van der Waals surface area contributed by atoms with Crippen LogP contribution in [-0.4, -0.2) is 12.0 Å². The van der Waals surface area contributed by atoms with Gasteiger partial charge in [-0.1, -0.05) is 23.7 Å². The summed E-state index contributed by atoms with van der Waals surface area (Å²) < 4.78 is 0. The van der Waals surface area contributed by atoms with Gasteiger partial charge < -0.3 is 10.6 Å². The van der Waals surface area contributed by atoms with Gasteiger partial charge in [0.1, 0.15) is 0 Å². The lowest BCUT2D eigenvalue weighted by Crippen LogP contribution is -2.23. The molecule has 0 aliphatic rings. The number of aromatic nitrogens is 1. The van der Waals surface area contributed by atoms with E-state index in [2.05, 4.69) is 36.0 Å². The lowest BCUT2D eigenvalue weighted by Gasteiger charge is -2.29. The van der Waals surface area contributed by atoms with Crippen LogP contribution in [0.5, 0.6) is 0 Å². The Balaban J connectivity index is 2.35. The third kappa shape index (κ3) is 3.11. The Morgan fingerprint density at radius 1 is 1.35 bits per heavy atom. The van der Waals surface area contributed by atoms with Crippen LogP contribution in [0.25, 0.3) is 0 Å². The monoisotopic (exact) mass is 289 g/mol. The van der Waals surface area contributed by atoms with E-state index in [-0.39, 0.29) is 6.04 Å². The highest BCUT2D eigenvalue weighted by Crippen LogP contribution is 2.29. The lowest BCUT2D eigenvalue weighted by molar-refractivity contribution is 0.733. The molecule has 2 aromatic rings. The van der Waals surface area contributed by atoms with Gasteiger partial charge in [0.15, 0.2) is 0 Å². The number of pyridine rings is 1. The number of benzene rings is 1. The quantitative estimate of drug-likeness (QED) is 0.933. The molecule has 106 valence electrons. The molecule has 1 heterocycles. The summed E-state index contributed by atoms with van der Waals surface area (Å²) in [4.78, 5) is 6.52. The summed E-state index contributed by atoms with van der Waals surface area (Å²) in [5.41, 5.74) is 10.1. The maximum Gasteiger partial charge on any atom is 0.0511 e. The van der Waals surface area contributed by atoms with Crippen LogP contribution < -0.4 is 10.6 Å². The van der Waals surface area contributed by atoms with Gasteiger partial charge in [-0.15, -0.1) is 0 Å². The van der Waals surface area contributed by atoms with Crippen molar-refractivity contribution in [1.29, 1.82) is 0 Å². The van der Waals surface area contributed by atoms with Crippen LogP contribution in [0.4, 0.5) is 5.69 Å². The maximum atomic E-state index is 6.07. The Morgan fingerprint density at radius 3 is 2.75 bits per heavy atom. The largest absolute Gasteiger partial charge is 0.367 e. The second-order valence-corrected chi connectivity index (χ2v) is 5.44. The second-order valence-electron chi connectivity index (χ2n) is 5.00. The lowest BCUT2D eigenvalue weighted by atomic mass is 10.1. The summed E-state index contributed by atoms with van der Waals surface area (Å²) in [5, 5.41) is 0.757. The topological polar surface area (TPSA) is 42.1 Å². The number of nitrogens with two attached hydrogens (primary N) is 1. The average Bonchev–Trinajstić information content (AvgIpc) is 2.45. The van der Waals surface area contributed by atoms with Gasteiger partial charge in [-0.3, -0.25) is 4.98 Å². The summed E-state index contributed by atoms with van der Waals surface area (Å²) in [6.07, 6.45) is 1.85. The van der Waals surface area contributed by atoms with Crippen LogP contribution in [0.15, 0.2) is 36.5 Å². The summed E-state index contributed by atoms with van der Waals surface area (Å²) >= 11 is 6.07. The molecule has 0 saturated heterocycles. The van der Waals surface area contributed by atoms with Crippen molar-refractivity contribution in [3.05, 3.63) is 58.4 Å². The van der Waals surface area contributed by atoms with Gasteiger partial charge in [0.05, 0.1) is 6.04 Å². The predicted molar refractivity (Wildman–Crippen MR) is 85.1 cm³/mol. The van der Waals surface area contributed by atoms with E-state index in [9.17, 15) is 0 Å². The van der Waals surface area contributed by atoms with Gasteiger partial charge in [0.2, 0.25) is 0 Å². The Kier molecular flexibility index (Phi) is 4.63. The molecular formula is C16H20ClN3. The number of nitrogens with zero attached hydrogens (tertiary/aromatic N) is 2. The average molecular weight is 290 g/mol. The highest BCUT2D eigenvalue weighted by atomic mass is 35.5. The highest BCUT2D eigenvalue weighted by molar-refractivity contribution is 6.30. The number of hydrogen-bond donors (Lipinski definition) is 1. The molecule has 4 heteroatoms. The van der Waals surface area contributed by atoms with E-state index in [0.29, 0.717) is 6.54 Å². The molecule has 0 spiro atoms. The summed E-state index contributed by atoms with van der Waals surface area (Å²) in [6, 6.07) is 10.2. The molecule has 0 aliphatic heterocycles. The molecule has 0 aliphatic carbocycles. The Morgan fingerprint density at radius 2 is 2.10 bits per heavy atom. The molecule has 0 amide bonds. The number of hydrogen-bond acceptors (Lipinski definition) is 3. The Labute approximate surface area is 125 Å². The third-order valence-corrected chi connectivity index (χ3v) is 3.85. The molecular weight excluding hydrogens is 270 g/mol. The minimum atomic E-state index is 0.209. The zero-order valence-corrected chi connectivity index (χ0v) is 12.9. The summed E-state index contributed by atoms with van der Waals surface area (Å²) in [6.45, 7) is 4.62. The summed E-state index contributed by atoms with van der Waals surface area (Å²) in [7, 11) is 2.07. The molecule has 0 fully saturated rings. The van der Waals surface area contributed by atoms with Crippen molar-refractivity contribution in [2.75, 3.05) is 11.9 Å². The molecule has 1 aromatic heterocycles. The number of anilines is 1. The highest BCUT2D eigenvalue weighted by Gasteiger charge is 2.15. The van der Waals surface area contributed by atoms with Crippen molar-refractivity contribution in [1.82, 2.24) is 4.98 Å². The zero-order valence-electron chi connectivity index (χ0n) is 12.1. The van der Waals surface area contributed by atoms with E-state index >= 15 is 0 Å². The van der Waals surface area contributed by atoms with E-state index in [4.69, 9.17) is 17.3 Å². The normalized spacial score (nSPS) is 12.2. The number of rotatable bonds is 4. The minimum absolute atomic E-state index is 0.209. The van der Waals surface area contributed by atoms with E-state index in [1.807, 2.05) is 31.3 Å². The van der Waals surface area contributed by atoms with Crippen molar-refractivity contribution in [3.8, 4) is 0 Å². The fourth-order valence-corrected chi connectivity index (χ4v) is 2.46. The number of halogens is 1. The van der Waals surface area contributed by atoms with Crippen LogP contribution in [0.1, 0.15) is 29.8 Å². The minimum Gasteiger partial charge on any atom is -0.367 e. The SMILES string of the molecule is Cc1cc(N(C)C(C)c2cccc(Cl)c2)c(CN)cn1. The smallest absolute Gasteiger partial charge is 0.0511 e. The zero-order chi connectivity index (χ0) is 14.7. The maximum absolute atomic E-state index is 6.07. The van der Waals surface area contributed by atoms with Crippen LogP contribution in [-0.2, 0) is 6.54 Å². The van der Waals surface area contributed by atoms with Gasteiger partial charge in [0.25, 0.3) is 0 Å². The third-order valence-electron chi connectivity index (χ3n) is 3.61. The van der Waals surface area contributed by atoms with Crippen LogP contribution in [0.2, 0.25) is 5.02 Å². The van der Waals surface area contributed by atoms with E-state index in [0.717, 1.165) is 22.0 Å². The molecule has 1 atom stereocenters. The first-order valence-corrected chi connectivity index (χ1v) is 7.04. The first kappa shape index (κ1) is 14.8. The fourth-order valence-electron chi connectivity index (χ4n) is 2.26. The Bertz CT molecular complexity index is 598. The van der Waals surface area contributed by atoms with Crippen molar-refractivity contribution < 1.29 is 0 Å². The Hall–Kier alpha value is -1.58. The van der Waals surface area contributed by atoms with Crippen LogP contribution in [0, 0.1) is 6.92 Å². The van der Waals surface area contributed by atoms with E-state index in [1.165, 1.54) is 5.56 Å². The molecule has 0 radical (unpaired) electrons. The molecule has 20 heavy (non-hydrogen) atoms. The first-order chi connectivity index (χ1) is 9.52. The molecule has 3 nitrogen and oxygen atoms in total. The van der Waals surface area contributed by atoms with Crippen molar-refractivity contribution in [2.45, 2.75) is 26.4 Å². The van der Waals surface area contributed by atoms with Gasteiger partial charge in [-0.25, -0.2) is 0 Å². The molecule has 0 saturated carbocycles. The number of aryl methyl sites for hydroxylation is 1. The van der Waals surface area contributed by atoms with Gasteiger partial charge in [0, 0.05) is 41.8 Å². The summed E-state index contributed by atoms with van der Waals surface area (Å²) in [5.74, 6) is 0. The fraction of sp³-hybridized carbons (Fsp3) is 0.312.